The van der Waals surface area contributed by atoms with Gasteiger partial charge in [0.1, 0.15) is 5.39 Å². The van der Waals surface area contributed by atoms with Crippen molar-refractivity contribution < 1.29 is 9.66 Å². The number of aryl methyl sites for hydroxylation is 1. The van der Waals surface area contributed by atoms with Gasteiger partial charge < -0.3 is 4.74 Å². The third-order valence-electron chi connectivity index (χ3n) is 3.43. The number of hydrogen-bond donors (Lipinski definition) is 0. The Hall–Kier alpha value is -2.96. The van der Waals surface area contributed by atoms with Gasteiger partial charge in [0.2, 0.25) is 5.88 Å². The summed E-state index contributed by atoms with van der Waals surface area (Å²) in [6.45, 7) is 2.19. The molecule has 3 aromatic rings. The van der Waals surface area contributed by atoms with Crippen LogP contribution in [0.2, 0.25) is 0 Å². The molecule has 2 aromatic heterocycles. The van der Waals surface area contributed by atoms with Gasteiger partial charge in [-0.25, -0.2) is 4.98 Å². The standard InChI is InChI=1S/C15H14N4O3/c1-10-15-12(6-4-7-13(15)19(20)21)18(17-10)9-11-5-3-8-14(16-11)22-2/h3-8H,9H2,1-2H3. The quantitative estimate of drug-likeness (QED) is 0.546. The topological polar surface area (TPSA) is 83.1 Å². The van der Waals surface area contributed by atoms with Gasteiger partial charge in [0.15, 0.2) is 0 Å². The number of fused-ring (bicyclic) bond motifs is 1. The Bertz CT molecular complexity index is 857. The van der Waals surface area contributed by atoms with Crippen molar-refractivity contribution in [2.24, 2.45) is 0 Å². The van der Waals surface area contributed by atoms with E-state index >= 15 is 0 Å². The summed E-state index contributed by atoms with van der Waals surface area (Å²) in [6, 6.07) is 10.5. The zero-order chi connectivity index (χ0) is 15.7. The highest BCUT2D eigenvalue weighted by Gasteiger charge is 2.18. The minimum absolute atomic E-state index is 0.0693. The highest BCUT2D eigenvalue weighted by Crippen LogP contribution is 2.28. The van der Waals surface area contributed by atoms with Crippen LogP contribution in [-0.4, -0.2) is 26.8 Å². The molecule has 0 radical (unpaired) electrons. The minimum atomic E-state index is -0.384. The van der Waals surface area contributed by atoms with Crippen LogP contribution in [0.3, 0.4) is 0 Å². The number of non-ortho nitro benzene ring substituents is 1. The third kappa shape index (κ3) is 2.37. The van der Waals surface area contributed by atoms with Crippen molar-refractivity contribution in [2.45, 2.75) is 13.5 Å². The molecule has 0 unspecified atom stereocenters. The number of rotatable bonds is 4. The molecule has 0 aliphatic heterocycles. The summed E-state index contributed by atoms with van der Waals surface area (Å²) in [5.41, 5.74) is 2.19. The van der Waals surface area contributed by atoms with Crippen LogP contribution < -0.4 is 4.74 Å². The maximum atomic E-state index is 11.2. The average molecular weight is 298 g/mol. The first-order valence-corrected chi connectivity index (χ1v) is 6.70. The maximum absolute atomic E-state index is 11.2. The summed E-state index contributed by atoms with van der Waals surface area (Å²) >= 11 is 0. The first-order valence-electron chi connectivity index (χ1n) is 6.70. The van der Waals surface area contributed by atoms with Crippen LogP contribution in [-0.2, 0) is 6.54 Å². The minimum Gasteiger partial charge on any atom is -0.481 e. The molecule has 0 N–H and O–H groups in total. The van der Waals surface area contributed by atoms with E-state index in [1.165, 1.54) is 6.07 Å². The largest absolute Gasteiger partial charge is 0.481 e. The lowest BCUT2D eigenvalue weighted by atomic mass is 10.2. The lowest BCUT2D eigenvalue weighted by molar-refractivity contribution is -0.383. The van der Waals surface area contributed by atoms with E-state index in [9.17, 15) is 10.1 Å². The van der Waals surface area contributed by atoms with Crippen LogP contribution in [0.25, 0.3) is 10.9 Å². The molecule has 0 spiro atoms. The Morgan fingerprint density at radius 3 is 2.77 bits per heavy atom. The molecule has 0 amide bonds. The van der Waals surface area contributed by atoms with E-state index in [0.29, 0.717) is 23.5 Å². The van der Waals surface area contributed by atoms with Crippen molar-refractivity contribution in [1.29, 1.82) is 0 Å². The summed E-state index contributed by atoms with van der Waals surface area (Å²) in [4.78, 5) is 15.1. The molecule has 0 saturated heterocycles. The predicted octanol–water partition coefficient (Wildman–Crippen LogP) is 2.70. The van der Waals surface area contributed by atoms with E-state index in [1.54, 1.807) is 30.8 Å². The Balaban J connectivity index is 2.08. The highest BCUT2D eigenvalue weighted by atomic mass is 16.6. The molecular formula is C15H14N4O3. The van der Waals surface area contributed by atoms with Gasteiger partial charge in [-0.15, -0.1) is 0 Å². The van der Waals surface area contributed by atoms with E-state index in [-0.39, 0.29) is 10.6 Å². The van der Waals surface area contributed by atoms with Crippen LogP contribution in [0.15, 0.2) is 36.4 Å². The van der Waals surface area contributed by atoms with Gasteiger partial charge >= 0.3 is 0 Å². The molecule has 112 valence electrons. The number of benzene rings is 1. The summed E-state index contributed by atoms with van der Waals surface area (Å²) in [7, 11) is 1.56. The van der Waals surface area contributed by atoms with Crippen molar-refractivity contribution in [2.75, 3.05) is 7.11 Å². The Kier molecular flexibility index (Phi) is 3.46. The Morgan fingerprint density at radius 2 is 2.05 bits per heavy atom. The van der Waals surface area contributed by atoms with Crippen molar-refractivity contribution >= 4 is 16.6 Å². The third-order valence-corrected chi connectivity index (χ3v) is 3.43. The molecule has 0 fully saturated rings. The number of methoxy groups -OCH3 is 1. The summed E-state index contributed by atoms with van der Waals surface area (Å²) < 4.78 is 6.83. The molecule has 0 atom stereocenters. The van der Waals surface area contributed by atoms with Gasteiger partial charge in [0, 0.05) is 12.1 Å². The zero-order valence-electron chi connectivity index (χ0n) is 12.2. The number of nitro benzene ring substituents is 1. The van der Waals surface area contributed by atoms with Crippen LogP contribution >= 0.6 is 0 Å². The number of pyridine rings is 1. The van der Waals surface area contributed by atoms with E-state index in [4.69, 9.17) is 4.74 Å². The summed E-state index contributed by atoms with van der Waals surface area (Å²) in [5.74, 6) is 0.525. The molecule has 3 rings (SSSR count). The van der Waals surface area contributed by atoms with Gasteiger partial charge in [-0.1, -0.05) is 12.1 Å². The normalized spacial score (nSPS) is 10.8. The highest BCUT2D eigenvalue weighted by molar-refractivity contribution is 5.90. The fourth-order valence-electron chi connectivity index (χ4n) is 2.48. The SMILES string of the molecule is COc1cccc(Cn2nc(C)c3c([N+](=O)[O-])cccc32)n1. The molecule has 2 heterocycles. The fourth-order valence-corrected chi connectivity index (χ4v) is 2.48. The number of nitrogens with zero attached hydrogens (tertiary/aromatic N) is 4. The summed E-state index contributed by atoms with van der Waals surface area (Å²) in [5, 5.41) is 16.1. The van der Waals surface area contributed by atoms with E-state index in [2.05, 4.69) is 10.1 Å². The Morgan fingerprint density at radius 1 is 1.27 bits per heavy atom. The molecule has 7 nitrogen and oxygen atoms in total. The van der Waals surface area contributed by atoms with Crippen molar-refractivity contribution in [1.82, 2.24) is 14.8 Å². The van der Waals surface area contributed by atoms with Crippen molar-refractivity contribution in [3.8, 4) is 5.88 Å². The number of nitro groups is 1. The predicted molar refractivity (Wildman–Crippen MR) is 81.0 cm³/mol. The van der Waals surface area contributed by atoms with Gasteiger partial charge in [0.25, 0.3) is 5.69 Å². The molecular weight excluding hydrogens is 284 g/mol. The molecule has 7 heteroatoms. The first kappa shape index (κ1) is 14.0. The maximum Gasteiger partial charge on any atom is 0.280 e. The molecule has 22 heavy (non-hydrogen) atoms. The average Bonchev–Trinajstić information content (AvgIpc) is 2.84. The second-order valence-corrected chi connectivity index (χ2v) is 4.84. The zero-order valence-corrected chi connectivity index (χ0v) is 12.2. The number of hydrogen-bond acceptors (Lipinski definition) is 5. The first-order chi connectivity index (χ1) is 10.6. The second kappa shape index (κ2) is 5.44. The Labute approximate surface area is 126 Å². The number of aromatic nitrogens is 3. The second-order valence-electron chi connectivity index (χ2n) is 4.84. The molecule has 0 aliphatic rings. The van der Waals surface area contributed by atoms with Gasteiger partial charge in [0.05, 0.1) is 35.5 Å². The monoisotopic (exact) mass is 298 g/mol. The molecule has 0 bridgehead atoms. The van der Waals surface area contributed by atoms with Crippen LogP contribution in [0.1, 0.15) is 11.4 Å². The van der Waals surface area contributed by atoms with Crippen LogP contribution in [0, 0.1) is 17.0 Å². The molecule has 0 aliphatic carbocycles. The smallest absolute Gasteiger partial charge is 0.280 e. The lowest BCUT2D eigenvalue weighted by Crippen LogP contribution is -2.04. The van der Waals surface area contributed by atoms with Gasteiger partial charge in [-0.3, -0.25) is 14.8 Å². The van der Waals surface area contributed by atoms with Crippen LogP contribution in [0.5, 0.6) is 5.88 Å². The van der Waals surface area contributed by atoms with Crippen molar-refractivity contribution in [3.05, 3.63) is 57.9 Å². The van der Waals surface area contributed by atoms with Crippen LogP contribution in [0.4, 0.5) is 5.69 Å². The number of ether oxygens (including phenoxy) is 1. The molecule has 1 aromatic carbocycles. The van der Waals surface area contributed by atoms with E-state index in [0.717, 1.165) is 11.2 Å². The van der Waals surface area contributed by atoms with Gasteiger partial charge in [-0.2, -0.15) is 5.10 Å². The summed E-state index contributed by atoms with van der Waals surface area (Å²) in [6.07, 6.45) is 0. The van der Waals surface area contributed by atoms with E-state index < -0.39 is 0 Å². The van der Waals surface area contributed by atoms with E-state index in [1.807, 2.05) is 18.2 Å². The van der Waals surface area contributed by atoms with Gasteiger partial charge in [-0.05, 0) is 19.1 Å². The molecule has 0 saturated carbocycles. The fraction of sp³-hybridized carbons (Fsp3) is 0.200. The lowest BCUT2D eigenvalue weighted by Gasteiger charge is -2.05. The van der Waals surface area contributed by atoms with Crippen molar-refractivity contribution in [3.63, 3.8) is 0 Å².